The van der Waals surface area contributed by atoms with E-state index in [1.165, 1.54) is 10.6 Å². The molecule has 15 nitrogen and oxygen atoms in total. The zero-order valence-electron chi connectivity index (χ0n) is 41.1. The fourth-order valence-corrected chi connectivity index (χ4v) is 11.1. The van der Waals surface area contributed by atoms with Crippen LogP contribution in [0.1, 0.15) is 85.9 Å². The number of fused-ring (bicyclic) bond motifs is 2. The summed E-state index contributed by atoms with van der Waals surface area (Å²) in [5.41, 5.74) is 4.03. The minimum atomic E-state index is -1.71. The fourth-order valence-electron chi connectivity index (χ4n) is 9.30. The van der Waals surface area contributed by atoms with Crippen LogP contribution in [0.15, 0.2) is 122 Å². The number of hydrogen-bond donors (Lipinski definition) is 1. The van der Waals surface area contributed by atoms with Crippen LogP contribution in [0.25, 0.3) is 21.9 Å². The molecule has 1 N–H and O–H groups in total. The summed E-state index contributed by atoms with van der Waals surface area (Å²) in [6, 6.07) is 33.1. The van der Waals surface area contributed by atoms with E-state index < -0.39 is 43.9 Å². The molecule has 16 heteroatoms. The second-order valence-electron chi connectivity index (χ2n) is 17.9. The molecule has 1 aliphatic rings. The lowest BCUT2D eigenvalue weighted by Crippen LogP contribution is -2.39. The Hall–Kier alpha value is -6.37. The topological polar surface area (TPSA) is 173 Å². The van der Waals surface area contributed by atoms with Crippen molar-refractivity contribution < 1.29 is 36.8 Å². The second-order valence-corrected chi connectivity index (χ2v) is 19.3. The normalized spacial score (nSPS) is 16.6. The molecule has 1 saturated heterocycles. The smallest absolute Gasteiger partial charge is 0.351 e. The number of nitrogens with one attached hydrogen (secondary N) is 1. The Balaban J connectivity index is 1.13. The number of anilines is 1. The van der Waals surface area contributed by atoms with Gasteiger partial charge in [-0.1, -0.05) is 54.6 Å². The van der Waals surface area contributed by atoms with Crippen molar-refractivity contribution in [3.8, 4) is 17.6 Å². The number of nitrogens with zero attached hydrogens (tertiary/aromatic N) is 4. The molecule has 4 atom stereocenters. The largest absolute Gasteiger partial charge is 0.497 e. The van der Waals surface area contributed by atoms with Gasteiger partial charge in [-0.3, -0.25) is 4.57 Å². The van der Waals surface area contributed by atoms with Crippen LogP contribution in [-0.2, 0) is 30.7 Å². The molecule has 8 rings (SSSR count). The molecule has 0 saturated carbocycles. The molecule has 0 bridgehead atoms. The number of benzene rings is 4. The van der Waals surface area contributed by atoms with E-state index in [0.29, 0.717) is 40.8 Å². The molecule has 1 unspecified atom stereocenters. The Morgan fingerprint density at radius 1 is 0.857 bits per heavy atom. The Kier molecular flexibility index (Phi) is 15.5. The fraction of sp³-hybridized carbons (Fsp3) is 0.370. The summed E-state index contributed by atoms with van der Waals surface area (Å²) < 4.78 is 54.2. The molecular weight excluding hydrogens is 910 g/mol. The zero-order valence-corrected chi connectivity index (χ0v) is 42.0. The summed E-state index contributed by atoms with van der Waals surface area (Å²) in [5.74, 6) is 2.45. The van der Waals surface area contributed by atoms with Crippen LogP contribution >= 0.6 is 8.53 Å². The van der Waals surface area contributed by atoms with Crippen LogP contribution < -0.4 is 26.1 Å². The van der Waals surface area contributed by atoms with Crippen molar-refractivity contribution in [3.05, 3.63) is 163 Å². The maximum atomic E-state index is 14.1. The summed E-state index contributed by atoms with van der Waals surface area (Å²) in [6.45, 7) is 14.5. The number of ether oxygens (including phenoxy) is 4. The quantitative estimate of drug-likeness (QED) is 0.0331. The molecule has 4 aromatic carbocycles. The number of hydrogen-bond acceptors (Lipinski definition) is 14. The Bertz CT molecular complexity index is 3020. The van der Waals surface area contributed by atoms with Crippen molar-refractivity contribution in [2.45, 2.75) is 104 Å². The van der Waals surface area contributed by atoms with Gasteiger partial charge in [0.25, 0.3) is 8.53 Å². The maximum Gasteiger partial charge on any atom is 0.351 e. The van der Waals surface area contributed by atoms with E-state index in [0.717, 1.165) is 44.2 Å². The molecule has 0 spiro atoms. The van der Waals surface area contributed by atoms with Gasteiger partial charge in [0.05, 0.1) is 46.0 Å². The number of nitriles is 1. The van der Waals surface area contributed by atoms with Crippen molar-refractivity contribution in [1.82, 2.24) is 14.2 Å². The SMILES string of the molecule is COc1ccc(C(OC[C@H]2O[C@@H](n3ccc(NCc4c(C)oc5c(C)c6oc(=O)cc(C)c6cc45)nc3=O)C[C@@H]2OP(OCCC#N)N(C(C)C)C(C)C)(c2ccccc2)c2ccc(OC)cc2)cc1. The molecule has 1 fully saturated rings. The van der Waals surface area contributed by atoms with Gasteiger partial charge in [-0.05, 0) is 107 Å². The Morgan fingerprint density at radius 2 is 1.49 bits per heavy atom. The molecule has 0 amide bonds. The molecule has 1 aliphatic heterocycles. The average molecular weight is 970 g/mol. The van der Waals surface area contributed by atoms with Crippen molar-refractivity contribution in [2.24, 2.45) is 0 Å². The summed E-state index contributed by atoms with van der Waals surface area (Å²) >= 11 is 0. The van der Waals surface area contributed by atoms with Gasteiger partial charge in [0.2, 0.25) is 0 Å². The highest BCUT2D eigenvalue weighted by atomic mass is 31.2. The molecule has 4 heterocycles. The van der Waals surface area contributed by atoms with Crippen LogP contribution in [0.3, 0.4) is 0 Å². The maximum absolute atomic E-state index is 14.1. The third-order valence-corrected chi connectivity index (χ3v) is 14.9. The first-order chi connectivity index (χ1) is 33.8. The zero-order chi connectivity index (χ0) is 49.7. The van der Waals surface area contributed by atoms with Crippen molar-refractivity contribution in [2.75, 3.05) is 32.8 Å². The van der Waals surface area contributed by atoms with E-state index in [1.807, 2.05) is 106 Å². The number of methoxy groups -OCH3 is 2. The molecule has 366 valence electrons. The highest BCUT2D eigenvalue weighted by Gasteiger charge is 2.45. The standard InChI is InChI=1S/C54H60N5O10P/c1-33(2)59(34(3)4)70(65-27-13-25-55)69-46-30-49(58-26-24-48(57-53(58)61)56-31-45-37(7)66-52-36(6)51-43(29-44(45)52)35(5)28-50(60)68-51)67-47(46)32-64-54(38-14-11-10-12-15-38,39-16-20-41(62-8)21-17-39)40-18-22-42(63-9)23-19-40/h10-12,14-24,26,28-29,33-34,46-47,49H,13,27,30-32H2,1-9H3,(H,56,57,61)/t46-,47+,49+,70?/m0/s1. The lowest BCUT2D eigenvalue weighted by atomic mass is 9.80. The first-order valence-electron chi connectivity index (χ1n) is 23.4. The van der Waals surface area contributed by atoms with Crippen LogP contribution in [0, 0.1) is 32.1 Å². The summed E-state index contributed by atoms with van der Waals surface area (Å²) in [5, 5.41) is 14.5. The van der Waals surface area contributed by atoms with Gasteiger partial charge < -0.3 is 42.1 Å². The van der Waals surface area contributed by atoms with Gasteiger partial charge in [-0.15, -0.1) is 0 Å². The van der Waals surface area contributed by atoms with Crippen molar-refractivity contribution in [3.63, 3.8) is 0 Å². The third-order valence-electron chi connectivity index (χ3n) is 12.7. The first-order valence-corrected chi connectivity index (χ1v) is 24.6. The van der Waals surface area contributed by atoms with E-state index in [9.17, 15) is 14.9 Å². The predicted octanol–water partition coefficient (Wildman–Crippen LogP) is 10.6. The number of aromatic nitrogens is 2. The van der Waals surface area contributed by atoms with Crippen LogP contribution in [0.5, 0.6) is 11.5 Å². The van der Waals surface area contributed by atoms with E-state index in [4.69, 9.17) is 36.8 Å². The summed E-state index contributed by atoms with van der Waals surface area (Å²) in [4.78, 5) is 30.8. The Morgan fingerprint density at radius 3 is 2.09 bits per heavy atom. The Labute approximate surface area is 408 Å². The highest BCUT2D eigenvalue weighted by Crippen LogP contribution is 2.51. The van der Waals surface area contributed by atoms with Gasteiger partial charge in [0, 0.05) is 59.2 Å². The molecule has 70 heavy (non-hydrogen) atoms. The summed E-state index contributed by atoms with van der Waals surface area (Å²) in [7, 11) is 1.56. The number of rotatable bonds is 20. The number of furan rings is 1. The van der Waals surface area contributed by atoms with Gasteiger partial charge in [0.15, 0.2) is 0 Å². The van der Waals surface area contributed by atoms with Gasteiger partial charge in [0.1, 0.15) is 52.2 Å². The predicted molar refractivity (Wildman–Crippen MR) is 269 cm³/mol. The van der Waals surface area contributed by atoms with Crippen LogP contribution in [0.4, 0.5) is 5.82 Å². The monoisotopic (exact) mass is 969 g/mol. The minimum Gasteiger partial charge on any atom is -0.497 e. The lowest BCUT2D eigenvalue weighted by molar-refractivity contribution is -0.0925. The number of aryl methyl sites for hydroxylation is 3. The van der Waals surface area contributed by atoms with E-state index in [1.54, 1.807) is 26.5 Å². The average Bonchev–Trinajstić information content (AvgIpc) is 3.90. The van der Waals surface area contributed by atoms with Crippen molar-refractivity contribution in [1.29, 1.82) is 5.26 Å². The third kappa shape index (κ3) is 10.3. The molecular formula is C54H60N5O10P. The van der Waals surface area contributed by atoms with Gasteiger partial charge in [-0.2, -0.15) is 10.2 Å². The molecule has 0 radical (unpaired) electrons. The van der Waals surface area contributed by atoms with E-state index in [2.05, 4.69) is 48.7 Å². The molecule has 0 aliphatic carbocycles. The second kappa shape index (κ2) is 21.7. The first kappa shape index (κ1) is 50.0. The lowest BCUT2D eigenvalue weighted by Gasteiger charge is -2.39. The van der Waals surface area contributed by atoms with Gasteiger partial charge in [-0.25, -0.2) is 14.3 Å². The van der Waals surface area contributed by atoms with Crippen molar-refractivity contribution >= 4 is 36.3 Å². The van der Waals surface area contributed by atoms with Crippen LogP contribution in [-0.4, -0.2) is 65.9 Å². The van der Waals surface area contributed by atoms with E-state index >= 15 is 0 Å². The highest BCUT2D eigenvalue weighted by molar-refractivity contribution is 7.44. The summed E-state index contributed by atoms with van der Waals surface area (Å²) in [6.07, 6.45) is 0.00603. The van der Waals surface area contributed by atoms with E-state index in [-0.39, 0.29) is 38.1 Å². The molecule has 3 aromatic heterocycles. The van der Waals surface area contributed by atoms with Crippen LogP contribution in [0.2, 0.25) is 0 Å². The molecule has 7 aromatic rings. The van der Waals surface area contributed by atoms with Gasteiger partial charge >= 0.3 is 11.3 Å². The minimum absolute atomic E-state index is 0.0269.